The van der Waals surface area contributed by atoms with Crippen molar-refractivity contribution < 1.29 is 13.2 Å². The molecule has 1 saturated heterocycles. The van der Waals surface area contributed by atoms with Crippen molar-refractivity contribution in [3.05, 3.63) is 23.8 Å². The Morgan fingerprint density at radius 3 is 2.95 bits per heavy atom. The molecular formula is C15H18N2O3S2. The van der Waals surface area contributed by atoms with Crippen LogP contribution in [0.2, 0.25) is 0 Å². The first-order chi connectivity index (χ1) is 10.4. The second-order valence-electron chi connectivity index (χ2n) is 5.70. The number of anilines is 1. The molecule has 1 aliphatic rings. The second kappa shape index (κ2) is 5.96. The SMILES string of the molecule is CCc1ccc2nc(NC(=O)C[C@@H]3CCS(=O)(=O)C3)sc2c1. The Labute approximate surface area is 133 Å². The van der Waals surface area contributed by atoms with E-state index in [4.69, 9.17) is 0 Å². The zero-order chi connectivity index (χ0) is 15.7. The first kappa shape index (κ1) is 15.4. The third kappa shape index (κ3) is 3.47. The molecule has 1 atom stereocenters. The highest BCUT2D eigenvalue weighted by molar-refractivity contribution is 7.91. The molecule has 118 valence electrons. The van der Waals surface area contributed by atoms with Crippen LogP contribution in [0.1, 0.15) is 25.3 Å². The van der Waals surface area contributed by atoms with Gasteiger partial charge in [-0.1, -0.05) is 24.3 Å². The summed E-state index contributed by atoms with van der Waals surface area (Å²) in [7, 11) is -2.94. The first-order valence-corrected chi connectivity index (χ1v) is 9.99. The molecule has 22 heavy (non-hydrogen) atoms. The maximum atomic E-state index is 12.0. The minimum Gasteiger partial charge on any atom is -0.302 e. The highest BCUT2D eigenvalue weighted by Crippen LogP contribution is 2.28. The summed E-state index contributed by atoms with van der Waals surface area (Å²) in [6.07, 6.45) is 1.79. The van der Waals surface area contributed by atoms with Crippen LogP contribution in [0.3, 0.4) is 0 Å². The van der Waals surface area contributed by atoms with Crippen molar-refractivity contribution in [1.29, 1.82) is 0 Å². The molecule has 2 heterocycles. The molecule has 0 spiro atoms. The van der Waals surface area contributed by atoms with Gasteiger partial charge in [-0.25, -0.2) is 13.4 Å². The minimum atomic E-state index is -2.94. The predicted octanol–water partition coefficient (Wildman–Crippen LogP) is 2.62. The van der Waals surface area contributed by atoms with E-state index in [-0.39, 0.29) is 29.8 Å². The fourth-order valence-corrected chi connectivity index (χ4v) is 5.52. The van der Waals surface area contributed by atoms with Gasteiger partial charge in [-0.3, -0.25) is 4.79 Å². The van der Waals surface area contributed by atoms with E-state index >= 15 is 0 Å². The van der Waals surface area contributed by atoms with Gasteiger partial charge in [0.25, 0.3) is 0 Å². The van der Waals surface area contributed by atoms with E-state index in [1.807, 2.05) is 12.1 Å². The molecule has 7 heteroatoms. The summed E-state index contributed by atoms with van der Waals surface area (Å²) in [5.74, 6) is 0.106. The normalized spacial score (nSPS) is 20.3. The van der Waals surface area contributed by atoms with Crippen molar-refractivity contribution in [1.82, 2.24) is 4.98 Å². The smallest absolute Gasteiger partial charge is 0.226 e. The van der Waals surface area contributed by atoms with Gasteiger partial charge < -0.3 is 5.32 Å². The first-order valence-electron chi connectivity index (χ1n) is 7.35. The largest absolute Gasteiger partial charge is 0.302 e. The van der Waals surface area contributed by atoms with Crippen molar-refractivity contribution in [3.8, 4) is 0 Å². The zero-order valence-electron chi connectivity index (χ0n) is 12.3. The molecule has 0 saturated carbocycles. The number of carbonyl (C=O) groups is 1. The summed E-state index contributed by atoms with van der Waals surface area (Å²) < 4.78 is 23.9. The van der Waals surface area contributed by atoms with Crippen LogP contribution in [-0.2, 0) is 21.1 Å². The maximum absolute atomic E-state index is 12.0. The molecule has 0 unspecified atom stereocenters. The topological polar surface area (TPSA) is 76.1 Å². The Morgan fingerprint density at radius 2 is 2.27 bits per heavy atom. The standard InChI is InChI=1S/C15H18N2O3S2/c1-2-10-3-4-12-13(7-10)21-15(16-12)17-14(18)8-11-5-6-22(19,20)9-11/h3-4,7,11H,2,5-6,8-9H2,1H3,(H,16,17,18)/t11-/m0/s1. The molecule has 0 bridgehead atoms. The van der Waals surface area contributed by atoms with E-state index in [0.717, 1.165) is 16.6 Å². The number of fused-ring (bicyclic) bond motifs is 1. The van der Waals surface area contributed by atoms with E-state index in [9.17, 15) is 13.2 Å². The Hall–Kier alpha value is -1.47. The Kier molecular flexibility index (Phi) is 4.18. The van der Waals surface area contributed by atoms with Crippen LogP contribution in [0.25, 0.3) is 10.2 Å². The lowest BCUT2D eigenvalue weighted by Crippen LogP contribution is -2.17. The number of benzene rings is 1. The molecule has 5 nitrogen and oxygen atoms in total. The van der Waals surface area contributed by atoms with Crippen molar-refractivity contribution in [2.75, 3.05) is 16.8 Å². The minimum absolute atomic E-state index is 0.0638. The number of sulfone groups is 1. The van der Waals surface area contributed by atoms with Crippen LogP contribution in [0.4, 0.5) is 5.13 Å². The molecule has 3 rings (SSSR count). The second-order valence-corrected chi connectivity index (χ2v) is 8.96. The summed E-state index contributed by atoms with van der Waals surface area (Å²) in [5.41, 5.74) is 2.12. The van der Waals surface area contributed by atoms with E-state index in [1.54, 1.807) is 0 Å². The molecule has 2 aromatic rings. The number of thiazole rings is 1. The summed E-state index contributed by atoms with van der Waals surface area (Å²) in [6.45, 7) is 2.10. The summed E-state index contributed by atoms with van der Waals surface area (Å²) >= 11 is 1.45. The fourth-order valence-electron chi connectivity index (χ4n) is 2.71. The third-order valence-corrected chi connectivity index (χ3v) is 6.68. The number of nitrogens with zero attached hydrogens (tertiary/aromatic N) is 1. The fraction of sp³-hybridized carbons (Fsp3) is 0.467. The van der Waals surface area contributed by atoms with Crippen LogP contribution in [0.15, 0.2) is 18.2 Å². The lowest BCUT2D eigenvalue weighted by molar-refractivity contribution is -0.116. The van der Waals surface area contributed by atoms with Gasteiger partial charge in [0.05, 0.1) is 21.7 Å². The molecule has 1 aliphatic heterocycles. The molecule has 1 aromatic carbocycles. The lowest BCUT2D eigenvalue weighted by Gasteiger charge is -2.06. The summed E-state index contributed by atoms with van der Waals surface area (Å²) in [6, 6.07) is 6.09. The number of nitrogens with one attached hydrogen (secondary N) is 1. The molecule has 1 fully saturated rings. The number of aryl methyl sites for hydroxylation is 1. The average Bonchev–Trinajstić information content (AvgIpc) is 2.99. The van der Waals surface area contributed by atoms with Gasteiger partial charge >= 0.3 is 0 Å². The number of hydrogen-bond acceptors (Lipinski definition) is 5. The van der Waals surface area contributed by atoms with E-state index in [0.29, 0.717) is 11.6 Å². The zero-order valence-corrected chi connectivity index (χ0v) is 14.0. The third-order valence-electron chi connectivity index (χ3n) is 3.91. The summed E-state index contributed by atoms with van der Waals surface area (Å²) in [4.78, 5) is 16.4. The van der Waals surface area contributed by atoms with Gasteiger partial charge in [-0.15, -0.1) is 0 Å². The quantitative estimate of drug-likeness (QED) is 0.930. The van der Waals surface area contributed by atoms with Crippen molar-refractivity contribution in [2.45, 2.75) is 26.2 Å². The van der Waals surface area contributed by atoms with E-state index < -0.39 is 9.84 Å². The highest BCUT2D eigenvalue weighted by atomic mass is 32.2. The molecule has 1 aromatic heterocycles. The number of carbonyl (C=O) groups excluding carboxylic acids is 1. The van der Waals surface area contributed by atoms with E-state index in [2.05, 4.69) is 23.3 Å². The molecule has 1 N–H and O–H groups in total. The van der Waals surface area contributed by atoms with Crippen LogP contribution >= 0.6 is 11.3 Å². The summed E-state index contributed by atoms with van der Waals surface area (Å²) in [5, 5.41) is 3.37. The van der Waals surface area contributed by atoms with Gasteiger partial charge in [0.15, 0.2) is 15.0 Å². The Balaban J connectivity index is 1.66. The molecule has 0 radical (unpaired) electrons. The van der Waals surface area contributed by atoms with Crippen LogP contribution < -0.4 is 5.32 Å². The average molecular weight is 338 g/mol. The van der Waals surface area contributed by atoms with E-state index in [1.165, 1.54) is 16.9 Å². The molecule has 1 amide bonds. The van der Waals surface area contributed by atoms with Gasteiger partial charge in [-0.2, -0.15) is 0 Å². The number of rotatable bonds is 4. The number of aromatic nitrogens is 1. The van der Waals surface area contributed by atoms with Gasteiger partial charge in [0, 0.05) is 6.42 Å². The maximum Gasteiger partial charge on any atom is 0.226 e. The van der Waals surface area contributed by atoms with Crippen LogP contribution in [0.5, 0.6) is 0 Å². The molecule has 0 aliphatic carbocycles. The van der Waals surface area contributed by atoms with Crippen molar-refractivity contribution >= 4 is 42.4 Å². The molecular weight excluding hydrogens is 320 g/mol. The van der Waals surface area contributed by atoms with Gasteiger partial charge in [0.1, 0.15) is 0 Å². The van der Waals surface area contributed by atoms with Crippen LogP contribution in [0, 0.1) is 5.92 Å². The monoisotopic (exact) mass is 338 g/mol. The highest BCUT2D eigenvalue weighted by Gasteiger charge is 2.29. The predicted molar refractivity (Wildman–Crippen MR) is 89.0 cm³/mol. The van der Waals surface area contributed by atoms with Gasteiger partial charge in [0.2, 0.25) is 5.91 Å². The van der Waals surface area contributed by atoms with Gasteiger partial charge in [-0.05, 0) is 36.5 Å². The van der Waals surface area contributed by atoms with Crippen LogP contribution in [-0.4, -0.2) is 30.8 Å². The van der Waals surface area contributed by atoms with Crippen molar-refractivity contribution in [2.24, 2.45) is 5.92 Å². The van der Waals surface area contributed by atoms with Crippen molar-refractivity contribution in [3.63, 3.8) is 0 Å². The Bertz CT molecular complexity index is 811. The lowest BCUT2D eigenvalue weighted by atomic mass is 10.1. The number of amides is 1. The Morgan fingerprint density at radius 1 is 1.45 bits per heavy atom. The number of hydrogen-bond donors (Lipinski definition) is 1.